The SMILES string of the molecule is Fc1cc(Br)cc(F)c1C(Cl)Cc1ccsc1. The van der Waals surface area contributed by atoms with Gasteiger partial charge in [-0.05, 0) is 40.9 Å². The summed E-state index contributed by atoms with van der Waals surface area (Å²) in [7, 11) is 0. The highest BCUT2D eigenvalue weighted by Crippen LogP contribution is 2.31. The van der Waals surface area contributed by atoms with Gasteiger partial charge in [0.25, 0.3) is 0 Å². The second kappa shape index (κ2) is 5.46. The van der Waals surface area contributed by atoms with E-state index in [1.807, 2.05) is 16.8 Å². The van der Waals surface area contributed by atoms with Gasteiger partial charge >= 0.3 is 0 Å². The first-order valence-corrected chi connectivity index (χ1v) is 7.04. The van der Waals surface area contributed by atoms with Gasteiger partial charge in [0, 0.05) is 10.0 Å². The summed E-state index contributed by atoms with van der Waals surface area (Å²) in [5.74, 6) is -1.24. The Morgan fingerprint density at radius 3 is 2.47 bits per heavy atom. The molecular weight excluding hydrogens is 330 g/mol. The molecule has 0 aliphatic carbocycles. The second-order valence-electron chi connectivity index (χ2n) is 3.59. The molecule has 0 N–H and O–H groups in total. The minimum Gasteiger partial charge on any atom is -0.206 e. The van der Waals surface area contributed by atoms with Crippen LogP contribution in [0.1, 0.15) is 16.5 Å². The lowest BCUT2D eigenvalue weighted by molar-refractivity contribution is 0.549. The van der Waals surface area contributed by atoms with Crippen molar-refractivity contribution in [2.75, 3.05) is 0 Å². The lowest BCUT2D eigenvalue weighted by atomic mass is 10.0. The number of thiophene rings is 1. The van der Waals surface area contributed by atoms with Gasteiger partial charge in [0.05, 0.1) is 5.38 Å². The smallest absolute Gasteiger partial charge is 0.131 e. The molecule has 1 aromatic carbocycles. The molecule has 1 aromatic heterocycles. The third kappa shape index (κ3) is 3.06. The van der Waals surface area contributed by atoms with Crippen molar-refractivity contribution in [1.82, 2.24) is 0 Å². The molecule has 5 heteroatoms. The van der Waals surface area contributed by atoms with Crippen molar-refractivity contribution in [2.24, 2.45) is 0 Å². The van der Waals surface area contributed by atoms with Crippen molar-refractivity contribution in [3.05, 3.63) is 56.2 Å². The molecule has 0 bridgehead atoms. The Labute approximate surface area is 115 Å². The average Bonchev–Trinajstić information content (AvgIpc) is 2.68. The molecule has 0 nitrogen and oxygen atoms in total. The fourth-order valence-corrected chi connectivity index (χ4v) is 3.04. The van der Waals surface area contributed by atoms with E-state index in [-0.39, 0.29) is 5.56 Å². The minimum atomic E-state index is -0.697. The van der Waals surface area contributed by atoms with Crippen molar-refractivity contribution >= 4 is 38.9 Å². The van der Waals surface area contributed by atoms with Crippen LogP contribution in [0.5, 0.6) is 0 Å². The zero-order valence-electron chi connectivity index (χ0n) is 8.59. The summed E-state index contributed by atoms with van der Waals surface area (Å²) in [6.07, 6.45) is 0.417. The van der Waals surface area contributed by atoms with E-state index < -0.39 is 17.0 Å². The molecule has 2 aromatic rings. The van der Waals surface area contributed by atoms with Gasteiger partial charge < -0.3 is 0 Å². The standard InChI is InChI=1S/C12H8BrClF2S/c13-8-4-10(15)12(11(16)5-8)9(14)3-7-1-2-17-6-7/h1-2,4-6,9H,3H2. The van der Waals surface area contributed by atoms with Crippen molar-refractivity contribution in [3.63, 3.8) is 0 Å². The predicted molar refractivity (Wildman–Crippen MR) is 70.7 cm³/mol. The van der Waals surface area contributed by atoms with E-state index in [1.54, 1.807) is 0 Å². The highest BCUT2D eigenvalue weighted by Gasteiger charge is 2.19. The largest absolute Gasteiger partial charge is 0.206 e. The van der Waals surface area contributed by atoms with E-state index in [0.717, 1.165) is 5.56 Å². The summed E-state index contributed by atoms with van der Waals surface area (Å²) in [5.41, 5.74) is 0.915. The summed E-state index contributed by atoms with van der Waals surface area (Å²) >= 11 is 10.6. The Balaban J connectivity index is 2.27. The number of halogens is 4. The maximum atomic E-state index is 13.6. The fraction of sp³-hybridized carbons (Fsp3) is 0.167. The van der Waals surface area contributed by atoms with Crippen LogP contribution in [0.15, 0.2) is 33.4 Å². The van der Waals surface area contributed by atoms with E-state index in [0.29, 0.717) is 10.9 Å². The molecule has 1 heterocycles. The van der Waals surface area contributed by atoms with E-state index >= 15 is 0 Å². The van der Waals surface area contributed by atoms with E-state index in [1.165, 1.54) is 23.5 Å². The zero-order valence-corrected chi connectivity index (χ0v) is 11.7. The van der Waals surface area contributed by atoms with Gasteiger partial charge in [-0.2, -0.15) is 11.3 Å². The van der Waals surface area contributed by atoms with Crippen LogP contribution in [0.25, 0.3) is 0 Å². The maximum absolute atomic E-state index is 13.6. The number of alkyl halides is 1. The van der Waals surface area contributed by atoms with Crippen molar-refractivity contribution in [3.8, 4) is 0 Å². The molecule has 2 rings (SSSR count). The monoisotopic (exact) mass is 336 g/mol. The fourth-order valence-electron chi connectivity index (χ4n) is 1.57. The maximum Gasteiger partial charge on any atom is 0.131 e. The second-order valence-corrected chi connectivity index (χ2v) is 5.81. The molecule has 0 aliphatic heterocycles. The topological polar surface area (TPSA) is 0 Å². The molecule has 0 radical (unpaired) electrons. The molecule has 0 amide bonds. The van der Waals surface area contributed by atoms with Gasteiger partial charge in [-0.1, -0.05) is 15.9 Å². The minimum absolute atomic E-state index is 0.0685. The number of rotatable bonds is 3. The summed E-state index contributed by atoms with van der Waals surface area (Å²) in [6.45, 7) is 0. The van der Waals surface area contributed by atoms with Crippen LogP contribution in [0, 0.1) is 11.6 Å². The number of hydrogen-bond donors (Lipinski definition) is 0. The number of benzene rings is 1. The van der Waals surface area contributed by atoms with Gasteiger partial charge in [0.1, 0.15) is 11.6 Å². The van der Waals surface area contributed by atoms with Crippen LogP contribution in [0.4, 0.5) is 8.78 Å². The van der Waals surface area contributed by atoms with Crippen molar-refractivity contribution in [2.45, 2.75) is 11.8 Å². The first kappa shape index (κ1) is 13.0. The van der Waals surface area contributed by atoms with Gasteiger partial charge in [-0.15, -0.1) is 11.6 Å². The highest BCUT2D eigenvalue weighted by atomic mass is 79.9. The summed E-state index contributed by atoms with van der Waals surface area (Å²) < 4.78 is 27.6. The van der Waals surface area contributed by atoms with Gasteiger partial charge in [0.15, 0.2) is 0 Å². The summed E-state index contributed by atoms with van der Waals surface area (Å²) in [4.78, 5) is 0. The van der Waals surface area contributed by atoms with Gasteiger partial charge in [-0.25, -0.2) is 8.78 Å². The normalized spacial score (nSPS) is 12.7. The Morgan fingerprint density at radius 2 is 1.94 bits per heavy atom. The molecule has 0 saturated carbocycles. The highest BCUT2D eigenvalue weighted by molar-refractivity contribution is 9.10. The van der Waals surface area contributed by atoms with Crippen LogP contribution in [0.2, 0.25) is 0 Å². The molecule has 1 unspecified atom stereocenters. The van der Waals surface area contributed by atoms with E-state index in [4.69, 9.17) is 11.6 Å². The van der Waals surface area contributed by atoms with Crippen molar-refractivity contribution < 1.29 is 8.78 Å². The van der Waals surface area contributed by atoms with E-state index in [9.17, 15) is 8.78 Å². The van der Waals surface area contributed by atoms with E-state index in [2.05, 4.69) is 15.9 Å². The first-order valence-electron chi connectivity index (χ1n) is 4.87. The zero-order chi connectivity index (χ0) is 12.4. The lowest BCUT2D eigenvalue weighted by Crippen LogP contribution is -2.02. The van der Waals surface area contributed by atoms with Crippen LogP contribution in [-0.2, 0) is 6.42 Å². The molecule has 0 fully saturated rings. The Morgan fingerprint density at radius 1 is 1.29 bits per heavy atom. The Bertz CT molecular complexity index is 490. The first-order chi connectivity index (χ1) is 8.08. The van der Waals surface area contributed by atoms with Crippen LogP contribution < -0.4 is 0 Å². The third-order valence-electron chi connectivity index (χ3n) is 2.35. The van der Waals surface area contributed by atoms with Crippen LogP contribution >= 0.6 is 38.9 Å². The third-order valence-corrected chi connectivity index (χ3v) is 3.91. The Kier molecular flexibility index (Phi) is 4.17. The van der Waals surface area contributed by atoms with Crippen LogP contribution in [0.3, 0.4) is 0 Å². The Hall–Kier alpha value is -0.450. The molecular formula is C12H8BrClF2S. The molecule has 90 valence electrons. The molecule has 0 aliphatic rings. The quantitative estimate of drug-likeness (QED) is 0.666. The van der Waals surface area contributed by atoms with Gasteiger partial charge in [0.2, 0.25) is 0 Å². The average molecular weight is 338 g/mol. The van der Waals surface area contributed by atoms with Crippen LogP contribution in [-0.4, -0.2) is 0 Å². The molecule has 1 atom stereocenters. The number of hydrogen-bond acceptors (Lipinski definition) is 1. The summed E-state index contributed by atoms with van der Waals surface area (Å²) in [5, 5.41) is 3.13. The van der Waals surface area contributed by atoms with Crippen molar-refractivity contribution in [1.29, 1.82) is 0 Å². The predicted octanol–water partition coefficient (Wildman–Crippen LogP) is 5.31. The summed E-state index contributed by atoms with van der Waals surface area (Å²) in [6, 6.07) is 4.34. The molecule has 0 spiro atoms. The molecule has 17 heavy (non-hydrogen) atoms. The van der Waals surface area contributed by atoms with Gasteiger partial charge in [-0.3, -0.25) is 0 Å². The lowest BCUT2D eigenvalue weighted by Gasteiger charge is -2.11. The molecule has 0 saturated heterocycles.